The summed E-state index contributed by atoms with van der Waals surface area (Å²) in [6.45, 7) is 2.27. The minimum Gasteiger partial charge on any atom is -0.298 e. The first-order chi connectivity index (χ1) is 8.17. The molecule has 0 radical (unpaired) electrons. The Morgan fingerprint density at radius 1 is 1.35 bits per heavy atom. The van der Waals surface area contributed by atoms with Gasteiger partial charge in [-0.1, -0.05) is 19.8 Å². The maximum Gasteiger partial charge on any atom is 0.150 e. The number of aldehydes is 1. The van der Waals surface area contributed by atoms with Crippen LogP contribution in [-0.2, 0) is 0 Å². The van der Waals surface area contributed by atoms with E-state index in [-0.39, 0.29) is 5.82 Å². The van der Waals surface area contributed by atoms with Crippen molar-refractivity contribution in [3.63, 3.8) is 0 Å². The predicted molar refractivity (Wildman–Crippen MR) is 69.1 cm³/mol. The van der Waals surface area contributed by atoms with Crippen molar-refractivity contribution in [2.24, 2.45) is 5.92 Å². The molecule has 2 atom stereocenters. The molecular formula is C14H17FOS. The lowest BCUT2D eigenvalue weighted by molar-refractivity contribution is 0.112. The molecule has 1 aromatic rings. The molecule has 17 heavy (non-hydrogen) atoms. The third-order valence-electron chi connectivity index (χ3n) is 3.22. The Hall–Kier alpha value is -0.830. The number of hydrogen-bond donors (Lipinski definition) is 0. The summed E-state index contributed by atoms with van der Waals surface area (Å²) >= 11 is 1.71. The minimum atomic E-state index is -0.319. The second kappa shape index (κ2) is 5.67. The lowest BCUT2D eigenvalue weighted by atomic mass is 9.91. The fourth-order valence-electron chi connectivity index (χ4n) is 2.40. The van der Waals surface area contributed by atoms with Crippen LogP contribution in [0.3, 0.4) is 0 Å². The number of hydrogen-bond acceptors (Lipinski definition) is 2. The highest BCUT2D eigenvalue weighted by Crippen LogP contribution is 2.36. The van der Waals surface area contributed by atoms with Crippen molar-refractivity contribution in [1.82, 2.24) is 0 Å². The van der Waals surface area contributed by atoms with Gasteiger partial charge in [0.25, 0.3) is 0 Å². The molecule has 0 spiro atoms. The zero-order chi connectivity index (χ0) is 12.3. The van der Waals surface area contributed by atoms with Crippen molar-refractivity contribution in [2.45, 2.75) is 42.8 Å². The van der Waals surface area contributed by atoms with Gasteiger partial charge < -0.3 is 0 Å². The Bertz CT molecular complexity index is 405. The van der Waals surface area contributed by atoms with Crippen LogP contribution in [0, 0.1) is 11.7 Å². The van der Waals surface area contributed by atoms with Crippen LogP contribution in [0.15, 0.2) is 23.1 Å². The molecule has 0 N–H and O–H groups in total. The highest BCUT2D eigenvalue weighted by Gasteiger charge is 2.20. The molecule has 0 amide bonds. The maximum atomic E-state index is 13.3. The summed E-state index contributed by atoms with van der Waals surface area (Å²) in [6.07, 6.45) is 5.66. The van der Waals surface area contributed by atoms with E-state index in [2.05, 4.69) is 6.92 Å². The Balaban J connectivity index is 2.07. The van der Waals surface area contributed by atoms with Crippen LogP contribution < -0.4 is 0 Å². The van der Waals surface area contributed by atoms with Crippen molar-refractivity contribution in [1.29, 1.82) is 0 Å². The highest BCUT2D eigenvalue weighted by molar-refractivity contribution is 8.00. The summed E-state index contributed by atoms with van der Waals surface area (Å²) in [5.74, 6) is 0.446. The fraction of sp³-hybridized carbons (Fsp3) is 0.500. The van der Waals surface area contributed by atoms with E-state index in [0.717, 1.165) is 10.8 Å². The van der Waals surface area contributed by atoms with Gasteiger partial charge in [-0.3, -0.25) is 4.79 Å². The van der Waals surface area contributed by atoms with E-state index in [1.165, 1.54) is 37.8 Å². The highest BCUT2D eigenvalue weighted by atomic mass is 32.2. The van der Waals surface area contributed by atoms with E-state index in [9.17, 15) is 9.18 Å². The first kappa shape index (κ1) is 12.6. The second-order valence-corrected chi connectivity index (χ2v) is 6.22. The maximum absolute atomic E-state index is 13.3. The van der Waals surface area contributed by atoms with E-state index < -0.39 is 0 Å². The minimum absolute atomic E-state index is 0.319. The Kier molecular flexibility index (Phi) is 4.21. The lowest BCUT2D eigenvalue weighted by Gasteiger charge is -2.26. The van der Waals surface area contributed by atoms with Crippen LogP contribution in [0.2, 0.25) is 0 Å². The van der Waals surface area contributed by atoms with Crippen LogP contribution in [0.25, 0.3) is 0 Å². The largest absolute Gasteiger partial charge is 0.298 e. The van der Waals surface area contributed by atoms with Gasteiger partial charge in [0, 0.05) is 15.7 Å². The second-order valence-electron chi connectivity index (χ2n) is 4.85. The van der Waals surface area contributed by atoms with E-state index in [4.69, 9.17) is 0 Å². The molecule has 0 bridgehead atoms. The zero-order valence-corrected chi connectivity index (χ0v) is 10.8. The number of thioether (sulfide) groups is 1. The van der Waals surface area contributed by atoms with E-state index >= 15 is 0 Å². The first-order valence-electron chi connectivity index (χ1n) is 6.10. The number of rotatable bonds is 3. The molecule has 0 aliphatic heterocycles. The fourth-order valence-corrected chi connectivity index (χ4v) is 3.88. The first-order valence-corrected chi connectivity index (χ1v) is 6.98. The van der Waals surface area contributed by atoms with E-state index in [1.54, 1.807) is 17.8 Å². The number of halogens is 1. The summed E-state index contributed by atoms with van der Waals surface area (Å²) in [7, 11) is 0. The van der Waals surface area contributed by atoms with Crippen LogP contribution in [-0.4, -0.2) is 11.5 Å². The van der Waals surface area contributed by atoms with Crippen LogP contribution in [0.4, 0.5) is 4.39 Å². The van der Waals surface area contributed by atoms with Crippen molar-refractivity contribution in [3.05, 3.63) is 29.6 Å². The Morgan fingerprint density at radius 3 is 2.88 bits per heavy atom. The van der Waals surface area contributed by atoms with Gasteiger partial charge in [-0.2, -0.15) is 0 Å². The van der Waals surface area contributed by atoms with Crippen molar-refractivity contribution < 1.29 is 9.18 Å². The van der Waals surface area contributed by atoms with Crippen molar-refractivity contribution in [3.8, 4) is 0 Å². The average Bonchev–Trinajstić information content (AvgIpc) is 2.28. The molecule has 2 rings (SSSR count). The molecule has 0 saturated heterocycles. The molecule has 1 aliphatic rings. The van der Waals surface area contributed by atoms with Gasteiger partial charge in [0.15, 0.2) is 0 Å². The quantitative estimate of drug-likeness (QED) is 0.746. The van der Waals surface area contributed by atoms with Gasteiger partial charge >= 0.3 is 0 Å². The number of benzene rings is 1. The van der Waals surface area contributed by atoms with E-state index in [1.807, 2.05) is 0 Å². The van der Waals surface area contributed by atoms with Crippen molar-refractivity contribution >= 4 is 18.0 Å². The SMILES string of the molecule is CC1CCCC(Sc2cc(F)cc(C=O)c2)C1. The summed E-state index contributed by atoms with van der Waals surface area (Å²) in [5.41, 5.74) is 0.427. The monoisotopic (exact) mass is 252 g/mol. The standard InChI is InChI=1S/C14H17FOS/c1-10-3-2-4-13(5-10)17-14-7-11(9-16)6-12(15)8-14/h6-10,13H,2-5H2,1H3. The van der Waals surface area contributed by atoms with Crippen LogP contribution >= 0.6 is 11.8 Å². The van der Waals surface area contributed by atoms with Crippen LogP contribution in [0.1, 0.15) is 43.0 Å². The molecule has 0 heterocycles. The van der Waals surface area contributed by atoms with Gasteiger partial charge in [0.05, 0.1) is 0 Å². The molecule has 1 nitrogen and oxygen atoms in total. The third kappa shape index (κ3) is 3.56. The Labute approximate surface area is 106 Å². The molecule has 92 valence electrons. The molecule has 0 aromatic heterocycles. The predicted octanol–water partition coefficient (Wildman–Crippen LogP) is 4.31. The van der Waals surface area contributed by atoms with E-state index in [0.29, 0.717) is 17.1 Å². The van der Waals surface area contributed by atoms with Gasteiger partial charge in [-0.15, -0.1) is 11.8 Å². The summed E-state index contributed by atoms with van der Waals surface area (Å²) in [5, 5.41) is 0.569. The average molecular weight is 252 g/mol. The molecule has 1 aromatic carbocycles. The topological polar surface area (TPSA) is 17.1 Å². The zero-order valence-electron chi connectivity index (χ0n) is 9.99. The molecular weight excluding hydrogens is 235 g/mol. The molecule has 1 aliphatic carbocycles. The Morgan fingerprint density at radius 2 is 2.18 bits per heavy atom. The molecule has 1 saturated carbocycles. The molecule has 3 heteroatoms. The summed E-state index contributed by atoms with van der Waals surface area (Å²) in [4.78, 5) is 11.6. The van der Waals surface area contributed by atoms with Crippen LogP contribution in [0.5, 0.6) is 0 Å². The lowest BCUT2D eigenvalue weighted by Crippen LogP contribution is -2.14. The number of carbonyl (C=O) groups excluding carboxylic acids is 1. The summed E-state index contributed by atoms with van der Waals surface area (Å²) in [6, 6.07) is 4.58. The smallest absolute Gasteiger partial charge is 0.150 e. The number of carbonyl (C=O) groups is 1. The van der Waals surface area contributed by atoms with Gasteiger partial charge in [-0.25, -0.2) is 4.39 Å². The van der Waals surface area contributed by atoms with Gasteiger partial charge in [-0.05, 0) is 37.0 Å². The van der Waals surface area contributed by atoms with Crippen molar-refractivity contribution in [2.75, 3.05) is 0 Å². The molecule has 1 fully saturated rings. The molecule has 2 unspecified atom stereocenters. The normalized spacial score (nSPS) is 24.6. The third-order valence-corrected chi connectivity index (χ3v) is 4.49. The summed E-state index contributed by atoms with van der Waals surface area (Å²) < 4.78 is 13.3. The van der Waals surface area contributed by atoms with Gasteiger partial charge in [0.2, 0.25) is 0 Å². The van der Waals surface area contributed by atoms with Gasteiger partial charge in [0.1, 0.15) is 12.1 Å².